The molecule has 2 N–H and O–H groups in total. The number of aryl methyl sites for hydroxylation is 1. The number of carbonyl (C=O) groups is 1. The van der Waals surface area contributed by atoms with Gasteiger partial charge in [-0.2, -0.15) is 10.1 Å². The zero-order valence-electron chi connectivity index (χ0n) is 10.1. The summed E-state index contributed by atoms with van der Waals surface area (Å²) < 4.78 is 6.90. The molecule has 2 rings (SSSR count). The van der Waals surface area contributed by atoms with Crippen LogP contribution in [0.4, 0.5) is 10.7 Å². The summed E-state index contributed by atoms with van der Waals surface area (Å²) in [6, 6.07) is -0.288. The van der Waals surface area contributed by atoms with E-state index < -0.39 is 0 Å². The van der Waals surface area contributed by atoms with Gasteiger partial charge in [-0.05, 0) is 19.3 Å². The number of aromatic nitrogens is 3. The Morgan fingerprint density at radius 3 is 2.88 bits per heavy atom. The number of ether oxygens (including phenoxy) is 1. The summed E-state index contributed by atoms with van der Waals surface area (Å²) in [7, 11) is 3.40. The fourth-order valence-corrected chi connectivity index (χ4v) is 1.82. The summed E-state index contributed by atoms with van der Waals surface area (Å²) in [5.41, 5.74) is -0.169. The largest absolute Gasteiger partial charge is 0.376 e. The van der Waals surface area contributed by atoms with Crippen LogP contribution in [0, 0.1) is 0 Å². The Hall–Kier alpha value is -1.63. The van der Waals surface area contributed by atoms with Crippen LogP contribution in [0.1, 0.15) is 19.3 Å². The van der Waals surface area contributed by atoms with E-state index in [0.29, 0.717) is 12.5 Å². The molecule has 1 aromatic rings. The zero-order valence-corrected chi connectivity index (χ0v) is 10.1. The lowest BCUT2D eigenvalue weighted by atomic mass is 9.80. The number of anilines is 1. The summed E-state index contributed by atoms with van der Waals surface area (Å²) in [5, 5.41) is 9.26. The molecule has 1 aromatic heterocycles. The molecule has 0 atom stereocenters. The Labute approximate surface area is 99.5 Å². The molecule has 0 aliphatic heterocycles. The molecule has 0 saturated heterocycles. The molecule has 7 nitrogen and oxygen atoms in total. The van der Waals surface area contributed by atoms with E-state index in [4.69, 9.17) is 4.74 Å². The van der Waals surface area contributed by atoms with Gasteiger partial charge in [-0.25, -0.2) is 9.48 Å². The van der Waals surface area contributed by atoms with E-state index in [1.165, 1.54) is 11.0 Å². The van der Waals surface area contributed by atoms with Gasteiger partial charge in [-0.1, -0.05) is 0 Å². The van der Waals surface area contributed by atoms with Gasteiger partial charge in [0.15, 0.2) is 0 Å². The predicted octanol–water partition coefficient (Wildman–Crippen LogP) is 0.506. The van der Waals surface area contributed by atoms with Crippen LogP contribution in [-0.2, 0) is 11.8 Å². The number of nitrogens with one attached hydrogen (secondary N) is 2. The molecule has 1 aliphatic carbocycles. The van der Waals surface area contributed by atoms with E-state index in [1.54, 1.807) is 14.2 Å². The van der Waals surface area contributed by atoms with Crippen molar-refractivity contribution >= 4 is 12.0 Å². The zero-order chi connectivity index (χ0) is 12.3. The maximum absolute atomic E-state index is 11.6. The molecule has 0 aromatic carbocycles. The van der Waals surface area contributed by atoms with Gasteiger partial charge in [0.1, 0.15) is 6.33 Å². The third-order valence-corrected chi connectivity index (χ3v) is 3.21. The number of hydrogen-bond acceptors (Lipinski definition) is 4. The van der Waals surface area contributed by atoms with Crippen LogP contribution in [0.2, 0.25) is 0 Å². The monoisotopic (exact) mass is 239 g/mol. The molecule has 0 spiro atoms. The van der Waals surface area contributed by atoms with E-state index in [1.807, 2.05) is 0 Å². The van der Waals surface area contributed by atoms with Crippen LogP contribution >= 0.6 is 0 Å². The average molecular weight is 239 g/mol. The highest BCUT2D eigenvalue weighted by molar-refractivity contribution is 5.87. The molecule has 1 saturated carbocycles. The molecule has 1 aliphatic rings. The number of nitrogens with zero attached hydrogens (tertiary/aromatic N) is 3. The minimum absolute atomic E-state index is 0.169. The standard InChI is InChI=1S/C10H17N5O2/c1-15-8(12-7-13-15)14-9(16)11-6-10(17-2)4-3-5-10/h7H,3-6H2,1-2H3,(H2,11,12,13,14,16). The predicted molar refractivity (Wildman–Crippen MR) is 61.6 cm³/mol. The molecule has 0 radical (unpaired) electrons. The molecule has 0 unspecified atom stereocenters. The molecule has 0 bridgehead atoms. The molecule has 94 valence electrons. The van der Waals surface area contributed by atoms with Crippen molar-refractivity contribution in [3.05, 3.63) is 6.33 Å². The number of urea groups is 1. The first kappa shape index (κ1) is 11.8. The molecule has 2 amide bonds. The molecule has 1 fully saturated rings. The number of rotatable bonds is 4. The molecular weight excluding hydrogens is 222 g/mol. The number of amides is 2. The Balaban J connectivity index is 1.80. The summed E-state index contributed by atoms with van der Waals surface area (Å²) in [4.78, 5) is 15.5. The van der Waals surface area contributed by atoms with Gasteiger partial charge in [0.2, 0.25) is 5.95 Å². The van der Waals surface area contributed by atoms with E-state index in [2.05, 4.69) is 20.7 Å². The Morgan fingerprint density at radius 1 is 1.65 bits per heavy atom. The van der Waals surface area contributed by atoms with Crippen LogP contribution in [0.3, 0.4) is 0 Å². The minimum atomic E-state index is -0.288. The molecule has 1 heterocycles. The smallest absolute Gasteiger partial charge is 0.321 e. The van der Waals surface area contributed by atoms with Crippen LogP contribution < -0.4 is 10.6 Å². The SMILES string of the molecule is COC1(CNC(=O)Nc2ncnn2C)CCC1. The topological polar surface area (TPSA) is 81.1 Å². The number of methoxy groups -OCH3 is 1. The lowest BCUT2D eigenvalue weighted by molar-refractivity contribution is -0.0671. The van der Waals surface area contributed by atoms with Crippen molar-refractivity contribution < 1.29 is 9.53 Å². The second-order valence-corrected chi connectivity index (χ2v) is 4.26. The third kappa shape index (κ3) is 2.55. The summed E-state index contributed by atoms with van der Waals surface area (Å²) in [6.45, 7) is 0.521. The van der Waals surface area contributed by atoms with E-state index in [9.17, 15) is 4.79 Å². The van der Waals surface area contributed by atoms with Crippen molar-refractivity contribution in [3.8, 4) is 0 Å². The lowest BCUT2D eigenvalue weighted by Crippen LogP contribution is -2.50. The first-order valence-electron chi connectivity index (χ1n) is 5.59. The quantitative estimate of drug-likeness (QED) is 0.802. The maximum Gasteiger partial charge on any atom is 0.321 e. The van der Waals surface area contributed by atoms with Gasteiger partial charge in [-0.15, -0.1) is 0 Å². The van der Waals surface area contributed by atoms with Gasteiger partial charge in [0, 0.05) is 20.7 Å². The van der Waals surface area contributed by atoms with Crippen molar-refractivity contribution in [3.63, 3.8) is 0 Å². The Kier molecular flexibility index (Phi) is 3.28. The lowest BCUT2D eigenvalue weighted by Gasteiger charge is -2.40. The fourth-order valence-electron chi connectivity index (χ4n) is 1.82. The van der Waals surface area contributed by atoms with Crippen LogP contribution in [0.5, 0.6) is 0 Å². The second kappa shape index (κ2) is 4.70. The first-order valence-corrected chi connectivity index (χ1v) is 5.59. The van der Waals surface area contributed by atoms with Crippen LogP contribution in [-0.4, -0.2) is 40.1 Å². The van der Waals surface area contributed by atoms with Crippen molar-refractivity contribution in [2.75, 3.05) is 19.0 Å². The van der Waals surface area contributed by atoms with Crippen molar-refractivity contribution in [2.45, 2.75) is 24.9 Å². The van der Waals surface area contributed by atoms with E-state index in [0.717, 1.165) is 19.3 Å². The van der Waals surface area contributed by atoms with Gasteiger partial charge < -0.3 is 10.1 Å². The van der Waals surface area contributed by atoms with Gasteiger partial charge in [0.25, 0.3) is 0 Å². The van der Waals surface area contributed by atoms with Crippen LogP contribution in [0.25, 0.3) is 0 Å². The molecular formula is C10H17N5O2. The van der Waals surface area contributed by atoms with E-state index in [-0.39, 0.29) is 11.6 Å². The summed E-state index contributed by atoms with van der Waals surface area (Å²) in [6.07, 6.45) is 4.53. The Morgan fingerprint density at radius 2 is 2.41 bits per heavy atom. The van der Waals surface area contributed by atoms with Gasteiger partial charge >= 0.3 is 6.03 Å². The summed E-state index contributed by atoms with van der Waals surface area (Å²) >= 11 is 0. The second-order valence-electron chi connectivity index (χ2n) is 4.26. The minimum Gasteiger partial charge on any atom is -0.376 e. The first-order chi connectivity index (χ1) is 8.15. The van der Waals surface area contributed by atoms with Crippen molar-refractivity contribution in [1.29, 1.82) is 0 Å². The number of carbonyl (C=O) groups excluding carboxylic acids is 1. The fraction of sp³-hybridized carbons (Fsp3) is 0.700. The third-order valence-electron chi connectivity index (χ3n) is 3.21. The number of hydrogen-bond donors (Lipinski definition) is 2. The Bertz CT molecular complexity index is 394. The normalized spacial score (nSPS) is 17.3. The van der Waals surface area contributed by atoms with Crippen molar-refractivity contribution in [2.24, 2.45) is 7.05 Å². The summed E-state index contributed by atoms with van der Waals surface area (Å²) in [5.74, 6) is 0.419. The van der Waals surface area contributed by atoms with Crippen molar-refractivity contribution in [1.82, 2.24) is 20.1 Å². The highest BCUT2D eigenvalue weighted by Gasteiger charge is 2.37. The van der Waals surface area contributed by atoms with Gasteiger partial charge in [0.05, 0.1) is 5.60 Å². The maximum atomic E-state index is 11.6. The molecule has 17 heavy (non-hydrogen) atoms. The van der Waals surface area contributed by atoms with Crippen LogP contribution in [0.15, 0.2) is 6.33 Å². The van der Waals surface area contributed by atoms with E-state index >= 15 is 0 Å². The average Bonchev–Trinajstić information content (AvgIpc) is 2.64. The highest BCUT2D eigenvalue weighted by Crippen LogP contribution is 2.34. The molecule has 7 heteroatoms. The van der Waals surface area contributed by atoms with Gasteiger partial charge in [-0.3, -0.25) is 5.32 Å². The highest BCUT2D eigenvalue weighted by atomic mass is 16.5.